The third-order valence-electron chi connectivity index (χ3n) is 7.18. The van der Waals surface area contributed by atoms with E-state index in [9.17, 15) is 0 Å². The molecular weight excluding hydrogens is 575 g/mol. The van der Waals surface area contributed by atoms with Gasteiger partial charge < -0.3 is 0 Å². The summed E-state index contributed by atoms with van der Waals surface area (Å²) in [5.41, 5.74) is 7.07. The van der Waals surface area contributed by atoms with Crippen molar-refractivity contribution in [3.8, 4) is 0 Å². The van der Waals surface area contributed by atoms with E-state index in [1.807, 2.05) is 54.6 Å². The van der Waals surface area contributed by atoms with Gasteiger partial charge in [0.2, 0.25) is 0 Å². The van der Waals surface area contributed by atoms with E-state index in [1.54, 1.807) is 0 Å². The minimum Gasteiger partial charge on any atom is -0.147 e. The Morgan fingerprint density at radius 2 is 0.842 bits per heavy atom. The maximum absolute atomic E-state index is 6.90. The monoisotopic (exact) mass is 612 g/mol. The van der Waals surface area contributed by atoms with Crippen LogP contribution >= 0.6 is 37.2 Å². The summed E-state index contributed by atoms with van der Waals surface area (Å²) < 4.78 is 21.9. The summed E-state index contributed by atoms with van der Waals surface area (Å²) in [4.78, 5) is 0. The minimum absolute atomic E-state index is 0. The van der Waals surface area contributed by atoms with Gasteiger partial charge in [0, 0.05) is 0 Å². The van der Waals surface area contributed by atoms with Crippen LogP contribution in [0.15, 0.2) is 112 Å². The van der Waals surface area contributed by atoms with Gasteiger partial charge in [-0.05, 0) is 0 Å². The summed E-state index contributed by atoms with van der Waals surface area (Å²) in [6, 6.07) is 30.9. The summed E-state index contributed by atoms with van der Waals surface area (Å²) in [7, 11) is 0. The number of rotatable bonds is 10. The first-order valence-electron chi connectivity index (χ1n) is 12.3. The Bertz CT molecular complexity index is 1090. The van der Waals surface area contributed by atoms with Gasteiger partial charge >= 0.3 is 216 Å². The Hall–Kier alpha value is -1.40. The second-order valence-electron chi connectivity index (χ2n) is 9.75. The number of allylic oxidation sites excluding steroid dienone is 4. The zero-order valence-corrected chi connectivity index (χ0v) is 26.7. The molecule has 0 bridgehead atoms. The van der Waals surface area contributed by atoms with Gasteiger partial charge in [-0.2, -0.15) is 0 Å². The molecule has 0 atom stereocenters. The Morgan fingerprint density at radius 1 is 0.526 bits per heavy atom. The smallest absolute Gasteiger partial charge is 0.147 e. The summed E-state index contributed by atoms with van der Waals surface area (Å²) in [6.45, 7) is 12.6. The third-order valence-corrected chi connectivity index (χ3v) is 12.2. The number of halogens is 3. The van der Waals surface area contributed by atoms with E-state index in [0.29, 0.717) is 19.8 Å². The first-order valence-corrected chi connectivity index (χ1v) is 15.0. The van der Waals surface area contributed by atoms with Crippen LogP contribution in [0.25, 0.3) is 0 Å². The molecule has 0 heterocycles. The zero-order chi connectivity index (χ0) is 24.9. The average molecular weight is 614 g/mol. The Kier molecular flexibility index (Phi) is 14.0. The number of benzene rings is 3. The van der Waals surface area contributed by atoms with Crippen molar-refractivity contribution in [2.24, 2.45) is 5.41 Å². The molecule has 7 heteroatoms. The molecule has 0 fully saturated rings. The maximum atomic E-state index is 6.90. The van der Waals surface area contributed by atoms with E-state index >= 15 is 0 Å². The SMILES string of the molecule is CC1=C(C)C(C)(C)[C]([Ti]([O]Cc2ccccc2)([O]Cc2ccccc2)[O]Cc2ccccc2)=C1C.Cl.Cl.Cl. The van der Waals surface area contributed by atoms with Crippen molar-refractivity contribution in [3.63, 3.8) is 0 Å². The van der Waals surface area contributed by atoms with Crippen LogP contribution in [0.3, 0.4) is 0 Å². The van der Waals surface area contributed by atoms with Crippen LogP contribution < -0.4 is 0 Å². The second kappa shape index (κ2) is 15.4. The molecule has 0 amide bonds. The molecule has 0 saturated carbocycles. The van der Waals surface area contributed by atoms with Crippen LogP contribution in [0.1, 0.15) is 51.3 Å². The van der Waals surface area contributed by atoms with E-state index in [4.69, 9.17) is 9.96 Å². The fraction of sp³-hybridized carbons (Fsp3) is 0.290. The van der Waals surface area contributed by atoms with Crippen LogP contribution in [0.2, 0.25) is 0 Å². The van der Waals surface area contributed by atoms with E-state index in [2.05, 4.69) is 71.0 Å². The molecule has 3 aromatic rings. The molecule has 1 aliphatic carbocycles. The fourth-order valence-electron chi connectivity index (χ4n) is 4.81. The van der Waals surface area contributed by atoms with Gasteiger partial charge in [-0.15, -0.1) is 37.2 Å². The van der Waals surface area contributed by atoms with E-state index in [0.717, 1.165) is 16.7 Å². The van der Waals surface area contributed by atoms with E-state index < -0.39 is 17.8 Å². The first kappa shape index (κ1) is 34.6. The van der Waals surface area contributed by atoms with Gasteiger partial charge in [0.1, 0.15) is 0 Å². The largest absolute Gasteiger partial charge is 0.147 e. The van der Waals surface area contributed by atoms with Crippen molar-refractivity contribution < 1.29 is 27.7 Å². The topological polar surface area (TPSA) is 27.7 Å². The van der Waals surface area contributed by atoms with Crippen LogP contribution in [-0.2, 0) is 47.5 Å². The molecule has 3 aromatic carbocycles. The summed E-state index contributed by atoms with van der Waals surface area (Å²) >= 11 is -4.06. The predicted molar refractivity (Wildman–Crippen MR) is 160 cm³/mol. The van der Waals surface area contributed by atoms with Crippen LogP contribution in [0.5, 0.6) is 0 Å². The molecule has 0 N–H and O–H groups in total. The molecule has 0 spiro atoms. The average Bonchev–Trinajstić information content (AvgIpc) is 3.05. The zero-order valence-electron chi connectivity index (χ0n) is 22.7. The third kappa shape index (κ3) is 7.84. The normalized spacial score (nSPS) is 14.4. The summed E-state index contributed by atoms with van der Waals surface area (Å²) in [6.07, 6.45) is 0. The Morgan fingerprint density at radius 3 is 1.11 bits per heavy atom. The van der Waals surface area contributed by atoms with Crippen LogP contribution in [0, 0.1) is 5.41 Å². The van der Waals surface area contributed by atoms with Gasteiger partial charge in [-0.1, -0.05) is 0 Å². The molecule has 38 heavy (non-hydrogen) atoms. The molecule has 1 aliphatic rings. The molecule has 0 unspecified atom stereocenters. The molecule has 4 rings (SSSR count). The fourth-order valence-corrected chi connectivity index (χ4v) is 10.0. The van der Waals surface area contributed by atoms with Crippen molar-refractivity contribution in [2.75, 3.05) is 0 Å². The van der Waals surface area contributed by atoms with Gasteiger partial charge in [0.25, 0.3) is 0 Å². The first-order chi connectivity index (χ1) is 16.8. The number of hydrogen-bond acceptors (Lipinski definition) is 3. The Labute approximate surface area is 251 Å². The summed E-state index contributed by atoms with van der Waals surface area (Å²) in [5, 5.41) is 0. The maximum Gasteiger partial charge on any atom is -0.147 e. The molecule has 0 saturated heterocycles. The number of hydrogen-bond donors (Lipinski definition) is 0. The van der Waals surface area contributed by atoms with Crippen molar-refractivity contribution in [3.05, 3.63) is 128 Å². The van der Waals surface area contributed by atoms with Crippen molar-refractivity contribution in [2.45, 2.75) is 54.4 Å². The predicted octanol–water partition coefficient (Wildman–Crippen LogP) is 9.45. The Balaban J connectivity index is 0.00000241. The van der Waals surface area contributed by atoms with Crippen molar-refractivity contribution in [1.82, 2.24) is 0 Å². The molecule has 0 aliphatic heterocycles. The van der Waals surface area contributed by atoms with Crippen LogP contribution in [-0.4, -0.2) is 0 Å². The van der Waals surface area contributed by atoms with Crippen molar-refractivity contribution in [1.29, 1.82) is 0 Å². The van der Waals surface area contributed by atoms with E-state index in [-0.39, 0.29) is 42.6 Å². The van der Waals surface area contributed by atoms with E-state index in [1.165, 1.54) is 20.6 Å². The van der Waals surface area contributed by atoms with Crippen molar-refractivity contribution >= 4 is 37.2 Å². The molecular formula is C31H39Cl3O3Ti. The minimum atomic E-state index is -4.06. The standard InChI is InChI=1S/C10H15.3C7H7O.3ClH.Ti/c1-7-6-10(4,5)9(3)8(7)2;3*8-6-7-4-2-1-3-5-7;;;;/h1-5H3;3*1-5H,6H2;3*1H;/q;3*-1;;;;+3. The van der Waals surface area contributed by atoms with Gasteiger partial charge in [-0.25, -0.2) is 0 Å². The summed E-state index contributed by atoms with van der Waals surface area (Å²) in [5.74, 6) is 0. The molecule has 0 radical (unpaired) electrons. The van der Waals surface area contributed by atoms with Crippen LogP contribution in [0.4, 0.5) is 0 Å². The molecule has 0 aromatic heterocycles. The van der Waals surface area contributed by atoms with Gasteiger partial charge in [0.05, 0.1) is 0 Å². The molecule has 206 valence electrons. The molecule has 3 nitrogen and oxygen atoms in total. The quantitative estimate of drug-likeness (QED) is 0.213. The van der Waals surface area contributed by atoms with Gasteiger partial charge in [-0.3, -0.25) is 0 Å². The second-order valence-corrected chi connectivity index (χ2v) is 13.6. The van der Waals surface area contributed by atoms with Gasteiger partial charge in [0.15, 0.2) is 0 Å².